The summed E-state index contributed by atoms with van der Waals surface area (Å²) in [5, 5.41) is 4.67. The van der Waals surface area contributed by atoms with E-state index in [0.29, 0.717) is 0 Å². The van der Waals surface area contributed by atoms with Gasteiger partial charge in [-0.15, -0.1) is 0 Å². The van der Waals surface area contributed by atoms with Crippen molar-refractivity contribution >= 4 is 49.8 Å². The van der Waals surface area contributed by atoms with Crippen LogP contribution in [0.25, 0.3) is 66.1 Å². The number of anilines is 3. The van der Waals surface area contributed by atoms with Gasteiger partial charge in [0.05, 0.1) is 5.69 Å². The van der Waals surface area contributed by atoms with Gasteiger partial charge in [0.2, 0.25) is 0 Å². The van der Waals surface area contributed by atoms with Gasteiger partial charge in [-0.05, 0) is 75.7 Å². The summed E-state index contributed by atoms with van der Waals surface area (Å²) in [7, 11) is 0. The van der Waals surface area contributed by atoms with Crippen molar-refractivity contribution in [1.29, 1.82) is 0 Å². The Labute approximate surface area is 279 Å². The Balaban J connectivity index is 1.28. The Bertz CT molecular complexity index is 2550. The van der Waals surface area contributed by atoms with Crippen LogP contribution in [0.3, 0.4) is 0 Å². The second-order valence-corrected chi connectivity index (χ2v) is 12.1. The molecule has 9 rings (SSSR count). The Morgan fingerprint density at radius 2 is 0.979 bits per heavy atom. The maximum absolute atomic E-state index is 6.36. The van der Waals surface area contributed by atoms with E-state index in [-0.39, 0.29) is 0 Å². The number of para-hydroxylation sites is 2. The van der Waals surface area contributed by atoms with Gasteiger partial charge in [0.25, 0.3) is 0 Å². The molecule has 48 heavy (non-hydrogen) atoms. The van der Waals surface area contributed by atoms with Crippen molar-refractivity contribution in [2.75, 3.05) is 4.90 Å². The quantitative estimate of drug-likeness (QED) is 0.185. The molecule has 1 aromatic heterocycles. The summed E-state index contributed by atoms with van der Waals surface area (Å²) in [4.78, 5) is 2.39. The Morgan fingerprint density at radius 1 is 0.354 bits per heavy atom. The van der Waals surface area contributed by atoms with E-state index < -0.39 is 0 Å². The number of nitrogens with zero attached hydrogens (tertiary/aromatic N) is 1. The lowest BCUT2D eigenvalue weighted by atomic mass is 9.93. The average Bonchev–Trinajstić information content (AvgIpc) is 3.55. The van der Waals surface area contributed by atoms with Crippen LogP contribution in [0.2, 0.25) is 0 Å². The van der Waals surface area contributed by atoms with Crippen LogP contribution in [0.4, 0.5) is 17.1 Å². The summed E-state index contributed by atoms with van der Waals surface area (Å²) >= 11 is 0. The largest absolute Gasteiger partial charge is 0.456 e. The lowest BCUT2D eigenvalue weighted by molar-refractivity contribution is 0.669. The van der Waals surface area contributed by atoms with Gasteiger partial charge in [0, 0.05) is 33.1 Å². The molecule has 0 radical (unpaired) electrons. The summed E-state index contributed by atoms with van der Waals surface area (Å²) < 4.78 is 6.36. The molecule has 0 saturated carbocycles. The zero-order valence-electron chi connectivity index (χ0n) is 26.3. The molecule has 0 aliphatic rings. The lowest BCUT2D eigenvalue weighted by Crippen LogP contribution is -2.11. The van der Waals surface area contributed by atoms with Crippen molar-refractivity contribution in [2.45, 2.75) is 0 Å². The number of hydrogen-bond donors (Lipinski definition) is 0. The number of benzene rings is 8. The molecule has 1 heterocycles. The van der Waals surface area contributed by atoms with Crippen molar-refractivity contribution in [2.24, 2.45) is 0 Å². The van der Waals surface area contributed by atoms with Gasteiger partial charge in [0.15, 0.2) is 0 Å². The molecule has 0 bridgehead atoms. The van der Waals surface area contributed by atoms with E-state index in [9.17, 15) is 0 Å². The molecule has 9 aromatic rings. The molecule has 0 saturated heterocycles. The van der Waals surface area contributed by atoms with E-state index in [0.717, 1.165) is 44.6 Å². The van der Waals surface area contributed by atoms with E-state index in [1.54, 1.807) is 0 Å². The summed E-state index contributed by atoms with van der Waals surface area (Å²) in [6.45, 7) is 0. The van der Waals surface area contributed by atoms with Crippen LogP contribution in [0.1, 0.15) is 0 Å². The van der Waals surface area contributed by atoms with Gasteiger partial charge in [-0.2, -0.15) is 0 Å². The summed E-state index contributed by atoms with van der Waals surface area (Å²) in [5.74, 6) is 0. The number of fused-ring (bicyclic) bond motifs is 5. The first kappa shape index (κ1) is 27.9. The van der Waals surface area contributed by atoms with Gasteiger partial charge < -0.3 is 9.32 Å². The van der Waals surface area contributed by atoms with Gasteiger partial charge >= 0.3 is 0 Å². The topological polar surface area (TPSA) is 16.4 Å². The fourth-order valence-electron chi connectivity index (χ4n) is 7.03. The molecule has 0 fully saturated rings. The minimum atomic E-state index is 0.901. The van der Waals surface area contributed by atoms with Gasteiger partial charge in [-0.1, -0.05) is 146 Å². The predicted octanol–water partition coefficient (Wildman–Crippen LogP) is 13.2. The summed E-state index contributed by atoms with van der Waals surface area (Å²) in [6.07, 6.45) is 0. The number of hydrogen-bond acceptors (Lipinski definition) is 2. The molecular weight excluding hydrogens is 583 g/mol. The van der Waals surface area contributed by atoms with E-state index in [4.69, 9.17) is 4.42 Å². The molecule has 0 aliphatic carbocycles. The summed E-state index contributed by atoms with van der Waals surface area (Å²) in [5.41, 5.74) is 12.2. The van der Waals surface area contributed by atoms with E-state index >= 15 is 0 Å². The highest BCUT2D eigenvalue weighted by atomic mass is 16.3. The standard InChI is InChI=1S/C46H31NO/c1-3-13-32(14-4-1)34-25-28-37(29-26-34)47(38-19-11-18-36(31-38)33-15-5-2-6-16-33)42-23-9-7-20-39(42)40-22-12-17-35-27-30-44-46(45(35)40)41-21-8-10-24-43(41)48-44/h1-31H. The van der Waals surface area contributed by atoms with Crippen molar-refractivity contribution in [3.63, 3.8) is 0 Å². The SMILES string of the molecule is c1ccc(-c2ccc(N(c3cccc(-c4ccccc4)c3)c3ccccc3-c3cccc4ccc5oc6ccccc6c5c34)cc2)cc1. The molecule has 0 aliphatic heterocycles. The van der Waals surface area contributed by atoms with Crippen LogP contribution < -0.4 is 4.90 Å². The van der Waals surface area contributed by atoms with Gasteiger partial charge in [-0.3, -0.25) is 0 Å². The molecule has 2 nitrogen and oxygen atoms in total. The fraction of sp³-hybridized carbons (Fsp3) is 0. The minimum Gasteiger partial charge on any atom is -0.456 e. The first-order valence-corrected chi connectivity index (χ1v) is 16.4. The predicted molar refractivity (Wildman–Crippen MR) is 202 cm³/mol. The average molecular weight is 614 g/mol. The fourth-order valence-corrected chi connectivity index (χ4v) is 7.03. The van der Waals surface area contributed by atoms with Crippen LogP contribution in [-0.2, 0) is 0 Å². The Morgan fingerprint density at radius 3 is 1.79 bits per heavy atom. The van der Waals surface area contributed by atoms with Crippen LogP contribution in [0.15, 0.2) is 192 Å². The third kappa shape index (κ3) is 4.83. The van der Waals surface area contributed by atoms with E-state index in [2.05, 4.69) is 187 Å². The first-order chi connectivity index (χ1) is 23.8. The number of furan rings is 1. The Hall–Kier alpha value is -6.38. The molecule has 0 unspecified atom stereocenters. The van der Waals surface area contributed by atoms with Crippen LogP contribution >= 0.6 is 0 Å². The molecular formula is C46H31NO. The van der Waals surface area contributed by atoms with E-state index in [1.165, 1.54) is 38.6 Å². The van der Waals surface area contributed by atoms with Crippen LogP contribution in [0, 0.1) is 0 Å². The van der Waals surface area contributed by atoms with Crippen molar-refractivity contribution in [3.8, 4) is 33.4 Å². The molecule has 8 aromatic carbocycles. The van der Waals surface area contributed by atoms with E-state index in [1.807, 2.05) is 6.07 Å². The maximum Gasteiger partial charge on any atom is 0.136 e. The Kier molecular flexibility index (Phi) is 6.84. The monoisotopic (exact) mass is 613 g/mol. The first-order valence-electron chi connectivity index (χ1n) is 16.4. The lowest BCUT2D eigenvalue weighted by Gasteiger charge is -2.29. The highest BCUT2D eigenvalue weighted by Gasteiger charge is 2.21. The normalized spacial score (nSPS) is 11.3. The van der Waals surface area contributed by atoms with Crippen molar-refractivity contribution in [3.05, 3.63) is 188 Å². The van der Waals surface area contributed by atoms with Crippen molar-refractivity contribution < 1.29 is 4.42 Å². The minimum absolute atomic E-state index is 0.901. The summed E-state index contributed by atoms with van der Waals surface area (Å²) in [6, 6.07) is 66.9. The molecule has 0 spiro atoms. The van der Waals surface area contributed by atoms with Crippen LogP contribution in [0.5, 0.6) is 0 Å². The molecule has 2 heteroatoms. The second kappa shape index (κ2) is 11.8. The van der Waals surface area contributed by atoms with Gasteiger partial charge in [0.1, 0.15) is 11.2 Å². The van der Waals surface area contributed by atoms with Crippen LogP contribution in [-0.4, -0.2) is 0 Å². The maximum atomic E-state index is 6.36. The second-order valence-electron chi connectivity index (χ2n) is 12.1. The third-order valence-electron chi connectivity index (χ3n) is 9.26. The van der Waals surface area contributed by atoms with Crippen molar-refractivity contribution in [1.82, 2.24) is 0 Å². The molecule has 226 valence electrons. The highest BCUT2D eigenvalue weighted by molar-refractivity contribution is 6.23. The molecule has 0 N–H and O–H groups in total. The van der Waals surface area contributed by atoms with Gasteiger partial charge in [-0.25, -0.2) is 0 Å². The third-order valence-corrected chi connectivity index (χ3v) is 9.26. The molecule has 0 atom stereocenters. The number of rotatable bonds is 6. The highest BCUT2D eigenvalue weighted by Crippen LogP contribution is 2.46. The zero-order valence-corrected chi connectivity index (χ0v) is 26.3. The zero-order chi connectivity index (χ0) is 31.9. The molecule has 0 amide bonds. The smallest absolute Gasteiger partial charge is 0.136 e.